The number of hydrogen-bond donors (Lipinski definition) is 1. The Morgan fingerprint density at radius 1 is 0.833 bits per heavy atom. The second-order valence-electron chi connectivity index (χ2n) is 6.40. The van der Waals surface area contributed by atoms with Crippen LogP contribution in [-0.4, -0.2) is 30.5 Å². The zero-order valence-corrected chi connectivity index (χ0v) is 19.3. The van der Waals surface area contributed by atoms with Crippen molar-refractivity contribution in [2.24, 2.45) is 0 Å². The molecule has 0 saturated heterocycles. The number of halogens is 1. The summed E-state index contributed by atoms with van der Waals surface area (Å²) >= 11 is 3.39. The maximum absolute atomic E-state index is 12.8. The minimum Gasteiger partial charge on any atom is -0.496 e. The van der Waals surface area contributed by atoms with Crippen molar-refractivity contribution in [2.75, 3.05) is 13.7 Å². The first kappa shape index (κ1) is 22.5. The molecule has 3 aromatic rings. The molecule has 0 unspecified atom stereocenters. The predicted molar refractivity (Wildman–Crippen MR) is 118 cm³/mol. The van der Waals surface area contributed by atoms with Crippen LogP contribution in [0.3, 0.4) is 0 Å². The van der Waals surface area contributed by atoms with Gasteiger partial charge in [0.1, 0.15) is 5.75 Å². The van der Waals surface area contributed by atoms with Crippen molar-refractivity contribution in [3.05, 3.63) is 82.8 Å². The van der Waals surface area contributed by atoms with Crippen LogP contribution in [0.2, 0.25) is 0 Å². The SMILES string of the molecule is COc1ccc(Br)cc1CCNS(=O)(=O)c1cccc(S(=O)(=O)c2ccccc2)c1. The molecule has 0 radical (unpaired) electrons. The predicted octanol–water partition coefficient (Wildman–Crippen LogP) is 3.81. The Morgan fingerprint density at radius 3 is 2.20 bits per heavy atom. The average Bonchev–Trinajstić information content (AvgIpc) is 2.74. The molecule has 6 nitrogen and oxygen atoms in total. The van der Waals surface area contributed by atoms with Crippen LogP contribution in [0.15, 0.2) is 92.0 Å². The zero-order chi connectivity index (χ0) is 21.8. The van der Waals surface area contributed by atoms with Crippen LogP contribution in [-0.2, 0) is 26.3 Å². The molecule has 3 rings (SSSR count). The molecule has 0 amide bonds. The maximum Gasteiger partial charge on any atom is 0.240 e. The second kappa shape index (κ2) is 9.30. The summed E-state index contributed by atoms with van der Waals surface area (Å²) in [5.74, 6) is 0.661. The van der Waals surface area contributed by atoms with Gasteiger partial charge in [-0.2, -0.15) is 0 Å². The van der Waals surface area contributed by atoms with Crippen molar-refractivity contribution in [3.8, 4) is 5.75 Å². The standard InChI is InChI=1S/C21H20BrNO5S2/c1-28-21-11-10-17(22)14-16(21)12-13-23-30(26,27)20-9-5-8-19(15-20)29(24,25)18-6-3-2-4-7-18/h2-11,14-15,23H,12-13H2,1H3. The largest absolute Gasteiger partial charge is 0.496 e. The summed E-state index contributed by atoms with van der Waals surface area (Å²) in [6.07, 6.45) is 0.407. The normalized spacial score (nSPS) is 11.9. The van der Waals surface area contributed by atoms with E-state index in [2.05, 4.69) is 20.7 Å². The molecule has 0 saturated carbocycles. The molecular weight excluding hydrogens is 490 g/mol. The van der Waals surface area contributed by atoms with Gasteiger partial charge in [-0.05, 0) is 60.5 Å². The number of nitrogens with one attached hydrogen (secondary N) is 1. The van der Waals surface area contributed by atoms with E-state index >= 15 is 0 Å². The van der Waals surface area contributed by atoms with E-state index in [4.69, 9.17) is 4.74 Å². The Labute approximate surface area is 185 Å². The summed E-state index contributed by atoms with van der Waals surface area (Å²) in [5, 5.41) is 0. The highest BCUT2D eigenvalue weighted by atomic mass is 79.9. The van der Waals surface area contributed by atoms with E-state index in [0.717, 1.165) is 10.0 Å². The van der Waals surface area contributed by atoms with E-state index in [1.165, 1.54) is 36.4 Å². The molecular formula is C21H20BrNO5S2. The lowest BCUT2D eigenvalue weighted by Crippen LogP contribution is -2.26. The lowest BCUT2D eigenvalue weighted by atomic mass is 10.1. The fourth-order valence-electron chi connectivity index (χ4n) is 2.89. The van der Waals surface area contributed by atoms with E-state index in [0.29, 0.717) is 12.2 Å². The molecule has 0 heterocycles. The topological polar surface area (TPSA) is 89.5 Å². The highest BCUT2D eigenvalue weighted by molar-refractivity contribution is 9.10. The van der Waals surface area contributed by atoms with Crippen molar-refractivity contribution < 1.29 is 21.6 Å². The number of sulfonamides is 1. The summed E-state index contributed by atoms with van der Waals surface area (Å²) in [6, 6.07) is 18.7. The minimum absolute atomic E-state index is 0.0785. The fraction of sp³-hybridized carbons (Fsp3) is 0.143. The van der Waals surface area contributed by atoms with Crippen LogP contribution in [0.1, 0.15) is 5.56 Å². The summed E-state index contributed by atoms with van der Waals surface area (Å²) < 4.78 is 59.7. The first-order chi connectivity index (χ1) is 14.2. The van der Waals surface area contributed by atoms with Crippen molar-refractivity contribution in [3.63, 3.8) is 0 Å². The summed E-state index contributed by atoms with van der Waals surface area (Å²) in [4.78, 5) is -0.0831. The third-order valence-corrected chi connectivity index (χ3v) is 8.13. The molecule has 0 aromatic heterocycles. The molecule has 0 aliphatic rings. The van der Waals surface area contributed by atoms with Gasteiger partial charge in [0.2, 0.25) is 19.9 Å². The molecule has 158 valence electrons. The van der Waals surface area contributed by atoms with E-state index in [-0.39, 0.29) is 21.2 Å². The molecule has 1 N–H and O–H groups in total. The first-order valence-corrected chi connectivity index (χ1v) is 12.7. The van der Waals surface area contributed by atoms with Gasteiger partial charge in [-0.25, -0.2) is 21.6 Å². The molecule has 3 aromatic carbocycles. The highest BCUT2D eigenvalue weighted by Crippen LogP contribution is 2.24. The molecule has 0 bridgehead atoms. The van der Waals surface area contributed by atoms with E-state index < -0.39 is 19.9 Å². The molecule has 0 spiro atoms. The summed E-state index contributed by atoms with van der Waals surface area (Å²) in [7, 11) is -6.15. The highest BCUT2D eigenvalue weighted by Gasteiger charge is 2.21. The number of benzene rings is 3. The Hall–Kier alpha value is -2.20. The Bertz CT molecular complexity index is 1240. The third-order valence-electron chi connectivity index (χ3n) is 4.41. The quantitative estimate of drug-likeness (QED) is 0.498. The van der Waals surface area contributed by atoms with Gasteiger partial charge in [0, 0.05) is 11.0 Å². The lowest BCUT2D eigenvalue weighted by molar-refractivity contribution is 0.409. The Morgan fingerprint density at radius 2 is 1.50 bits per heavy atom. The molecule has 0 atom stereocenters. The smallest absolute Gasteiger partial charge is 0.240 e. The van der Waals surface area contributed by atoms with Crippen LogP contribution < -0.4 is 9.46 Å². The van der Waals surface area contributed by atoms with Gasteiger partial charge in [-0.1, -0.05) is 40.2 Å². The van der Waals surface area contributed by atoms with Gasteiger partial charge in [-0.15, -0.1) is 0 Å². The van der Waals surface area contributed by atoms with Crippen LogP contribution in [0.5, 0.6) is 5.75 Å². The van der Waals surface area contributed by atoms with Gasteiger partial charge in [0.05, 0.1) is 21.8 Å². The number of methoxy groups -OCH3 is 1. The molecule has 0 aliphatic carbocycles. The zero-order valence-electron chi connectivity index (χ0n) is 16.1. The van der Waals surface area contributed by atoms with E-state index in [1.54, 1.807) is 31.4 Å². The molecule has 0 aliphatic heterocycles. The first-order valence-electron chi connectivity index (χ1n) is 8.96. The average molecular weight is 510 g/mol. The number of sulfone groups is 1. The van der Waals surface area contributed by atoms with Gasteiger partial charge in [0.15, 0.2) is 0 Å². The molecule has 30 heavy (non-hydrogen) atoms. The number of rotatable bonds is 8. The number of hydrogen-bond acceptors (Lipinski definition) is 5. The van der Waals surface area contributed by atoms with Crippen molar-refractivity contribution in [1.29, 1.82) is 0 Å². The van der Waals surface area contributed by atoms with Gasteiger partial charge in [-0.3, -0.25) is 0 Å². The Kier molecular flexibility index (Phi) is 6.97. The maximum atomic E-state index is 12.8. The van der Waals surface area contributed by atoms with E-state index in [9.17, 15) is 16.8 Å². The van der Waals surface area contributed by atoms with Crippen molar-refractivity contribution in [1.82, 2.24) is 4.72 Å². The van der Waals surface area contributed by atoms with Crippen LogP contribution in [0.25, 0.3) is 0 Å². The van der Waals surface area contributed by atoms with Crippen LogP contribution in [0.4, 0.5) is 0 Å². The lowest BCUT2D eigenvalue weighted by Gasteiger charge is -2.11. The summed E-state index contributed by atoms with van der Waals surface area (Å²) in [5.41, 5.74) is 0.843. The Balaban J connectivity index is 1.79. The summed E-state index contributed by atoms with van der Waals surface area (Å²) in [6.45, 7) is 0.130. The third kappa shape index (κ3) is 5.10. The van der Waals surface area contributed by atoms with Gasteiger partial charge < -0.3 is 4.74 Å². The fourth-order valence-corrected chi connectivity index (χ4v) is 5.78. The van der Waals surface area contributed by atoms with Gasteiger partial charge >= 0.3 is 0 Å². The van der Waals surface area contributed by atoms with Gasteiger partial charge in [0.25, 0.3) is 0 Å². The molecule has 9 heteroatoms. The van der Waals surface area contributed by atoms with Crippen molar-refractivity contribution in [2.45, 2.75) is 21.1 Å². The van der Waals surface area contributed by atoms with E-state index in [1.807, 2.05) is 12.1 Å². The number of ether oxygens (including phenoxy) is 1. The molecule has 0 fully saturated rings. The van der Waals surface area contributed by atoms with Crippen LogP contribution in [0, 0.1) is 0 Å². The van der Waals surface area contributed by atoms with Crippen molar-refractivity contribution >= 4 is 35.8 Å². The van der Waals surface area contributed by atoms with Crippen LogP contribution >= 0.6 is 15.9 Å². The minimum atomic E-state index is -3.89. The second-order valence-corrected chi connectivity index (χ2v) is 11.0. The monoisotopic (exact) mass is 509 g/mol.